The number of benzene rings is 2. The quantitative estimate of drug-likeness (QED) is 0.376. The molecule has 0 spiro atoms. The van der Waals surface area contributed by atoms with Crippen molar-refractivity contribution < 1.29 is 4.42 Å². The van der Waals surface area contributed by atoms with Crippen LogP contribution in [0.25, 0.3) is 50.0 Å². The maximum atomic E-state index is 6.35. The Morgan fingerprint density at radius 1 is 1.03 bits per heavy atom. The van der Waals surface area contributed by atoms with Crippen molar-refractivity contribution in [2.24, 2.45) is 7.05 Å². The number of aryl methyl sites for hydroxylation is 1. The fraction of sp³-hybridized carbons (Fsp3) is 0.120. The molecule has 0 amide bonds. The van der Waals surface area contributed by atoms with Crippen molar-refractivity contribution in [3.05, 3.63) is 66.9 Å². The number of aromatic nitrogens is 9. The molecule has 12 heteroatoms. The number of oxazole rings is 1. The van der Waals surface area contributed by atoms with Gasteiger partial charge in [-0.15, -0.1) is 0 Å². The molecule has 5 heterocycles. The van der Waals surface area contributed by atoms with Crippen LogP contribution in [-0.2, 0) is 7.05 Å². The molecule has 2 aromatic carbocycles. The molecule has 4 N–H and O–H groups in total. The normalized spacial score (nSPS) is 12.7. The Kier molecular flexibility index (Phi) is 4.34. The highest BCUT2D eigenvalue weighted by Gasteiger charge is 2.25. The summed E-state index contributed by atoms with van der Waals surface area (Å²) >= 11 is 0. The Labute approximate surface area is 209 Å². The van der Waals surface area contributed by atoms with Gasteiger partial charge < -0.3 is 15.9 Å². The topological polar surface area (TPSA) is 157 Å². The van der Waals surface area contributed by atoms with Crippen molar-refractivity contribution in [1.29, 1.82) is 0 Å². The van der Waals surface area contributed by atoms with E-state index in [0.29, 0.717) is 33.6 Å². The highest BCUT2D eigenvalue weighted by atomic mass is 16.4. The first-order valence-corrected chi connectivity index (χ1v) is 11.6. The van der Waals surface area contributed by atoms with E-state index in [1.54, 1.807) is 10.9 Å². The van der Waals surface area contributed by atoms with Gasteiger partial charge in [-0.2, -0.15) is 20.3 Å². The third kappa shape index (κ3) is 3.15. The maximum absolute atomic E-state index is 6.35. The third-order valence-electron chi connectivity index (χ3n) is 6.51. The van der Waals surface area contributed by atoms with Crippen molar-refractivity contribution >= 4 is 44.9 Å². The average Bonchev–Trinajstić information content (AvgIpc) is 3.66. The van der Waals surface area contributed by atoms with Gasteiger partial charge in [-0.3, -0.25) is 4.68 Å². The summed E-state index contributed by atoms with van der Waals surface area (Å²) in [5, 5.41) is 15.9. The molecule has 0 aliphatic heterocycles. The summed E-state index contributed by atoms with van der Waals surface area (Å²) in [4.78, 5) is 13.0. The van der Waals surface area contributed by atoms with Crippen LogP contribution in [-0.4, -0.2) is 44.3 Å². The van der Waals surface area contributed by atoms with Crippen LogP contribution in [0.3, 0.4) is 0 Å². The van der Waals surface area contributed by atoms with Crippen molar-refractivity contribution in [2.75, 3.05) is 11.5 Å². The summed E-state index contributed by atoms with van der Waals surface area (Å²) < 4.78 is 10.9. The molecule has 0 saturated heterocycles. The fourth-order valence-electron chi connectivity index (χ4n) is 4.79. The number of hydrogen-bond donors (Lipinski definition) is 2. The van der Waals surface area contributed by atoms with Gasteiger partial charge in [0.15, 0.2) is 11.2 Å². The number of nitrogens with zero attached hydrogens (tertiary/aromatic N) is 9. The first-order chi connectivity index (χ1) is 18.0. The number of fused-ring (bicyclic) bond motifs is 3. The highest BCUT2D eigenvalue weighted by Crippen LogP contribution is 2.36. The SMILES string of the molecule is CC(c1nn(-c2cnn(C)c2)c2ccccc12)n1nc(-c2ccc3oc(N)nc3c2)c2c(N)ncnc21. The number of nitrogen functional groups attached to an aromatic ring is 2. The molecule has 0 saturated carbocycles. The molecule has 5 aromatic heterocycles. The van der Waals surface area contributed by atoms with Crippen LogP contribution < -0.4 is 11.5 Å². The van der Waals surface area contributed by atoms with Crippen molar-refractivity contribution in [2.45, 2.75) is 13.0 Å². The van der Waals surface area contributed by atoms with Crippen LogP contribution in [0.2, 0.25) is 0 Å². The van der Waals surface area contributed by atoms with E-state index < -0.39 is 0 Å². The number of para-hydroxylation sites is 1. The van der Waals surface area contributed by atoms with Gasteiger partial charge in [-0.25, -0.2) is 19.3 Å². The number of nitrogens with two attached hydrogens (primary N) is 2. The van der Waals surface area contributed by atoms with Crippen LogP contribution in [0, 0.1) is 0 Å². The van der Waals surface area contributed by atoms with Crippen molar-refractivity contribution in [3.8, 4) is 16.9 Å². The lowest BCUT2D eigenvalue weighted by Crippen LogP contribution is -2.11. The summed E-state index contributed by atoms with van der Waals surface area (Å²) in [6.07, 6.45) is 5.16. The lowest BCUT2D eigenvalue weighted by Gasteiger charge is -2.11. The minimum Gasteiger partial charge on any atom is -0.424 e. The fourth-order valence-corrected chi connectivity index (χ4v) is 4.79. The zero-order chi connectivity index (χ0) is 25.3. The first-order valence-electron chi connectivity index (χ1n) is 11.6. The second-order valence-corrected chi connectivity index (χ2v) is 8.85. The summed E-state index contributed by atoms with van der Waals surface area (Å²) in [5.74, 6) is 0.337. The molecule has 0 bridgehead atoms. The van der Waals surface area contributed by atoms with Gasteiger partial charge in [0.2, 0.25) is 0 Å². The van der Waals surface area contributed by atoms with E-state index in [-0.39, 0.29) is 12.1 Å². The Bertz CT molecular complexity index is 1960. The van der Waals surface area contributed by atoms with Gasteiger partial charge in [0, 0.05) is 18.0 Å². The predicted octanol–water partition coefficient (Wildman–Crippen LogP) is 3.48. The van der Waals surface area contributed by atoms with Crippen molar-refractivity contribution in [3.63, 3.8) is 0 Å². The van der Waals surface area contributed by atoms with Crippen molar-refractivity contribution in [1.82, 2.24) is 44.3 Å². The summed E-state index contributed by atoms with van der Waals surface area (Å²) in [6, 6.07) is 13.5. The second kappa shape index (κ2) is 7.62. The van der Waals surface area contributed by atoms with E-state index in [4.69, 9.17) is 26.1 Å². The number of hydrogen-bond acceptors (Lipinski definition) is 9. The average molecular weight is 492 g/mol. The van der Waals surface area contributed by atoms with Crippen LogP contribution in [0.5, 0.6) is 0 Å². The standard InChI is InChI=1S/C25H21N11O/c1-13(21-16-5-3-4-6-18(16)36(32-21)15-10-30-34(2)11-15)35-24-20(23(26)28-12-29-24)22(33-35)14-7-8-19-17(9-14)31-25(27)37-19/h3-13H,1-2H3,(H2,27,31)(H2,26,28,29). The maximum Gasteiger partial charge on any atom is 0.292 e. The Morgan fingerprint density at radius 2 is 1.89 bits per heavy atom. The van der Waals surface area contributed by atoms with Crippen LogP contribution in [0.4, 0.5) is 11.8 Å². The lowest BCUT2D eigenvalue weighted by molar-refractivity contribution is 0.564. The number of rotatable bonds is 4. The summed E-state index contributed by atoms with van der Waals surface area (Å²) in [7, 11) is 1.88. The third-order valence-corrected chi connectivity index (χ3v) is 6.51. The molecular formula is C25H21N11O. The Hall–Kier alpha value is -5.26. The van der Waals surface area contributed by atoms with Gasteiger partial charge in [0.1, 0.15) is 29.0 Å². The molecule has 0 fully saturated rings. The molecule has 1 atom stereocenters. The summed E-state index contributed by atoms with van der Waals surface area (Å²) in [6.45, 7) is 2.04. The minimum absolute atomic E-state index is 0.107. The zero-order valence-electron chi connectivity index (χ0n) is 19.9. The molecular weight excluding hydrogens is 470 g/mol. The zero-order valence-corrected chi connectivity index (χ0v) is 19.9. The Balaban J connectivity index is 1.43. The van der Waals surface area contributed by atoms with Crippen LogP contribution in [0.15, 0.2) is 65.6 Å². The summed E-state index contributed by atoms with van der Waals surface area (Å²) in [5.41, 5.74) is 18.0. The molecule has 0 aliphatic rings. The van der Waals surface area contributed by atoms with Gasteiger partial charge in [0.25, 0.3) is 6.01 Å². The second-order valence-electron chi connectivity index (χ2n) is 8.85. The molecule has 182 valence electrons. The largest absolute Gasteiger partial charge is 0.424 e. The predicted molar refractivity (Wildman–Crippen MR) is 139 cm³/mol. The van der Waals surface area contributed by atoms with Gasteiger partial charge in [-0.1, -0.05) is 18.2 Å². The molecule has 7 rings (SSSR count). The van der Waals surface area contributed by atoms with E-state index in [1.165, 1.54) is 6.33 Å². The molecule has 37 heavy (non-hydrogen) atoms. The van der Waals surface area contributed by atoms with E-state index in [9.17, 15) is 0 Å². The highest BCUT2D eigenvalue weighted by molar-refractivity contribution is 5.99. The molecule has 12 nitrogen and oxygen atoms in total. The lowest BCUT2D eigenvalue weighted by atomic mass is 10.1. The number of anilines is 2. The van der Waals surface area contributed by atoms with E-state index >= 15 is 0 Å². The smallest absolute Gasteiger partial charge is 0.292 e. The first kappa shape index (κ1) is 21.1. The molecule has 0 radical (unpaired) electrons. The van der Waals surface area contributed by atoms with Crippen LogP contribution in [0.1, 0.15) is 18.7 Å². The van der Waals surface area contributed by atoms with E-state index in [0.717, 1.165) is 27.8 Å². The minimum atomic E-state index is -0.278. The monoisotopic (exact) mass is 491 g/mol. The van der Waals surface area contributed by atoms with Gasteiger partial charge in [-0.05, 0) is 31.2 Å². The molecule has 7 aromatic rings. The molecule has 1 unspecified atom stereocenters. The van der Waals surface area contributed by atoms with E-state index in [2.05, 4.69) is 26.1 Å². The molecule has 0 aliphatic carbocycles. The van der Waals surface area contributed by atoms with Gasteiger partial charge >= 0.3 is 0 Å². The van der Waals surface area contributed by atoms with E-state index in [1.807, 2.05) is 65.9 Å². The Morgan fingerprint density at radius 3 is 2.73 bits per heavy atom. The van der Waals surface area contributed by atoms with Gasteiger partial charge in [0.05, 0.1) is 35.0 Å². The van der Waals surface area contributed by atoms with Crippen LogP contribution >= 0.6 is 0 Å².